The molecule has 0 spiro atoms. The quantitative estimate of drug-likeness (QED) is 0.805. The minimum Gasteiger partial charge on any atom is -0.383 e. The summed E-state index contributed by atoms with van der Waals surface area (Å²) in [5, 5.41) is 11.2. The molecule has 2 saturated carbocycles. The average Bonchev–Trinajstić information content (AvgIpc) is 2.62. The van der Waals surface area contributed by atoms with E-state index in [0.717, 1.165) is 18.5 Å². The van der Waals surface area contributed by atoms with Gasteiger partial charge in [-0.05, 0) is 42.7 Å². The highest BCUT2D eigenvalue weighted by Crippen LogP contribution is 2.72. The molecule has 2 unspecified atom stereocenters. The molecular weight excluding hydrogens is 210 g/mol. The third-order valence-electron chi connectivity index (χ3n) is 5.98. The molecule has 2 fully saturated rings. The Hall–Kier alpha value is -0.890. The summed E-state index contributed by atoms with van der Waals surface area (Å²) in [4.78, 5) is 4.41. The van der Waals surface area contributed by atoms with E-state index in [1.807, 2.05) is 18.2 Å². The summed E-state index contributed by atoms with van der Waals surface area (Å²) < 4.78 is 0. The second kappa shape index (κ2) is 3.11. The SMILES string of the molecule is CC1(C)C2CCC1(C)[C@@](O)(c1ccccn1)C2. The fraction of sp³-hybridized carbons (Fsp3) is 0.667. The molecule has 17 heavy (non-hydrogen) atoms. The van der Waals surface area contributed by atoms with Gasteiger partial charge in [-0.25, -0.2) is 0 Å². The van der Waals surface area contributed by atoms with Crippen LogP contribution in [-0.2, 0) is 5.60 Å². The van der Waals surface area contributed by atoms with Crippen molar-refractivity contribution in [2.75, 3.05) is 0 Å². The van der Waals surface area contributed by atoms with Crippen LogP contribution in [0.15, 0.2) is 24.4 Å². The molecule has 0 aliphatic heterocycles. The number of pyridine rings is 1. The van der Waals surface area contributed by atoms with Crippen LogP contribution in [0.4, 0.5) is 0 Å². The molecule has 2 aliphatic rings. The normalized spacial score (nSPS) is 42.9. The van der Waals surface area contributed by atoms with Gasteiger partial charge in [-0.2, -0.15) is 0 Å². The first kappa shape index (κ1) is 11.2. The second-order valence-corrected chi connectivity index (χ2v) is 6.57. The van der Waals surface area contributed by atoms with Crippen LogP contribution < -0.4 is 0 Å². The molecule has 0 saturated heterocycles. The largest absolute Gasteiger partial charge is 0.383 e. The van der Waals surface area contributed by atoms with Crippen LogP contribution in [0.25, 0.3) is 0 Å². The predicted molar refractivity (Wildman–Crippen MR) is 67.4 cm³/mol. The Morgan fingerprint density at radius 2 is 2.06 bits per heavy atom. The van der Waals surface area contributed by atoms with Crippen molar-refractivity contribution in [3.8, 4) is 0 Å². The minimum absolute atomic E-state index is 0.0426. The Bertz CT molecular complexity index is 441. The number of aliphatic hydroxyl groups is 1. The highest BCUT2D eigenvalue weighted by atomic mass is 16.3. The van der Waals surface area contributed by atoms with Gasteiger partial charge in [-0.15, -0.1) is 0 Å². The molecule has 92 valence electrons. The Balaban J connectivity index is 2.13. The zero-order valence-corrected chi connectivity index (χ0v) is 10.9. The Morgan fingerprint density at radius 3 is 2.53 bits per heavy atom. The summed E-state index contributed by atoms with van der Waals surface area (Å²) in [6.45, 7) is 6.87. The van der Waals surface area contributed by atoms with Gasteiger partial charge in [0.2, 0.25) is 0 Å². The molecule has 3 rings (SSSR count). The van der Waals surface area contributed by atoms with E-state index in [9.17, 15) is 5.11 Å². The third-order valence-corrected chi connectivity index (χ3v) is 5.98. The first-order valence-corrected chi connectivity index (χ1v) is 6.56. The molecular formula is C15H21NO. The average molecular weight is 231 g/mol. The van der Waals surface area contributed by atoms with E-state index in [0.29, 0.717) is 5.92 Å². The monoisotopic (exact) mass is 231 g/mol. The van der Waals surface area contributed by atoms with Gasteiger partial charge in [-0.1, -0.05) is 26.8 Å². The van der Waals surface area contributed by atoms with Crippen LogP contribution in [0.2, 0.25) is 0 Å². The number of fused-ring (bicyclic) bond motifs is 2. The van der Waals surface area contributed by atoms with Crippen molar-refractivity contribution < 1.29 is 5.11 Å². The van der Waals surface area contributed by atoms with Crippen molar-refractivity contribution in [3.63, 3.8) is 0 Å². The summed E-state index contributed by atoms with van der Waals surface area (Å²) in [5.41, 5.74) is 0.289. The van der Waals surface area contributed by atoms with Gasteiger partial charge in [0, 0.05) is 11.6 Å². The van der Waals surface area contributed by atoms with Crippen molar-refractivity contribution in [1.29, 1.82) is 0 Å². The van der Waals surface area contributed by atoms with Gasteiger partial charge in [0.25, 0.3) is 0 Å². The van der Waals surface area contributed by atoms with Gasteiger partial charge in [0.1, 0.15) is 5.60 Å². The van der Waals surface area contributed by atoms with Crippen molar-refractivity contribution in [1.82, 2.24) is 4.98 Å². The lowest BCUT2D eigenvalue weighted by molar-refractivity contribution is -0.0987. The summed E-state index contributed by atoms with van der Waals surface area (Å²) in [6, 6.07) is 5.86. The van der Waals surface area contributed by atoms with Crippen LogP contribution >= 0.6 is 0 Å². The van der Waals surface area contributed by atoms with E-state index in [4.69, 9.17) is 0 Å². The molecule has 2 aliphatic carbocycles. The topological polar surface area (TPSA) is 33.1 Å². The summed E-state index contributed by atoms with van der Waals surface area (Å²) in [7, 11) is 0. The van der Waals surface area contributed by atoms with Gasteiger partial charge in [0.05, 0.1) is 5.69 Å². The van der Waals surface area contributed by atoms with E-state index in [1.165, 1.54) is 6.42 Å². The van der Waals surface area contributed by atoms with E-state index in [-0.39, 0.29) is 10.8 Å². The van der Waals surface area contributed by atoms with E-state index >= 15 is 0 Å². The number of hydrogen-bond donors (Lipinski definition) is 1. The van der Waals surface area contributed by atoms with Crippen molar-refractivity contribution >= 4 is 0 Å². The molecule has 0 aromatic carbocycles. The van der Waals surface area contributed by atoms with Crippen molar-refractivity contribution in [3.05, 3.63) is 30.1 Å². The van der Waals surface area contributed by atoms with E-state index < -0.39 is 5.60 Å². The van der Waals surface area contributed by atoms with Crippen molar-refractivity contribution in [2.45, 2.75) is 45.6 Å². The maximum absolute atomic E-state index is 11.2. The molecule has 3 atom stereocenters. The van der Waals surface area contributed by atoms with Crippen LogP contribution in [0.1, 0.15) is 45.7 Å². The molecule has 1 N–H and O–H groups in total. The number of nitrogens with zero attached hydrogens (tertiary/aromatic N) is 1. The Morgan fingerprint density at radius 1 is 1.29 bits per heavy atom. The van der Waals surface area contributed by atoms with Crippen LogP contribution in [0.5, 0.6) is 0 Å². The van der Waals surface area contributed by atoms with Crippen molar-refractivity contribution in [2.24, 2.45) is 16.7 Å². The molecule has 0 amide bonds. The first-order valence-electron chi connectivity index (χ1n) is 6.56. The lowest BCUT2D eigenvalue weighted by atomic mass is 9.63. The molecule has 1 heterocycles. The van der Waals surface area contributed by atoms with Gasteiger partial charge in [-0.3, -0.25) is 4.98 Å². The Kier molecular flexibility index (Phi) is 2.05. The maximum atomic E-state index is 11.2. The lowest BCUT2D eigenvalue weighted by Gasteiger charge is -2.44. The molecule has 2 nitrogen and oxygen atoms in total. The molecule has 2 bridgehead atoms. The summed E-state index contributed by atoms with van der Waals surface area (Å²) in [6.07, 6.45) is 5.01. The summed E-state index contributed by atoms with van der Waals surface area (Å²) in [5.74, 6) is 0.625. The summed E-state index contributed by atoms with van der Waals surface area (Å²) >= 11 is 0. The van der Waals surface area contributed by atoms with Crippen LogP contribution in [-0.4, -0.2) is 10.1 Å². The van der Waals surface area contributed by atoms with Gasteiger partial charge >= 0.3 is 0 Å². The minimum atomic E-state index is -0.735. The van der Waals surface area contributed by atoms with Crippen LogP contribution in [0.3, 0.4) is 0 Å². The number of rotatable bonds is 1. The van der Waals surface area contributed by atoms with Crippen LogP contribution in [0, 0.1) is 16.7 Å². The van der Waals surface area contributed by atoms with Gasteiger partial charge in [0.15, 0.2) is 0 Å². The second-order valence-electron chi connectivity index (χ2n) is 6.57. The molecule has 1 aromatic rings. The predicted octanol–water partition coefficient (Wildman–Crippen LogP) is 3.12. The number of aromatic nitrogens is 1. The number of hydrogen-bond acceptors (Lipinski definition) is 2. The fourth-order valence-electron chi connectivity index (χ4n) is 4.27. The molecule has 1 aromatic heterocycles. The van der Waals surface area contributed by atoms with E-state index in [2.05, 4.69) is 25.8 Å². The Labute approximate surface area is 103 Å². The zero-order valence-electron chi connectivity index (χ0n) is 10.9. The fourth-order valence-corrected chi connectivity index (χ4v) is 4.27. The highest BCUT2D eigenvalue weighted by molar-refractivity contribution is 5.27. The standard InChI is InChI=1S/C15H21NO/c1-13(2)11-7-8-14(13,3)15(17,10-11)12-6-4-5-9-16-12/h4-6,9,11,17H,7-8,10H2,1-3H3/t11?,14?,15-/m0/s1. The van der Waals surface area contributed by atoms with E-state index in [1.54, 1.807) is 6.20 Å². The zero-order chi connectivity index (χ0) is 12.3. The van der Waals surface area contributed by atoms with Gasteiger partial charge < -0.3 is 5.11 Å². The lowest BCUT2D eigenvalue weighted by Crippen LogP contribution is -2.45. The first-order chi connectivity index (χ1) is 7.92. The smallest absolute Gasteiger partial charge is 0.113 e. The highest BCUT2D eigenvalue weighted by Gasteiger charge is 2.69. The third kappa shape index (κ3) is 1.12. The molecule has 2 heteroatoms. The molecule has 0 radical (unpaired) electrons. The maximum Gasteiger partial charge on any atom is 0.113 e.